The molecule has 1 aromatic heterocycles. The van der Waals surface area contributed by atoms with E-state index in [1.807, 2.05) is 19.1 Å². The highest BCUT2D eigenvalue weighted by Gasteiger charge is 2.21. The largest absolute Gasteiger partial charge is 0.507 e. The Morgan fingerprint density at radius 3 is 2.57 bits per heavy atom. The average Bonchev–Trinajstić information content (AvgIpc) is 3.18. The molecule has 0 fully saturated rings. The Morgan fingerprint density at radius 1 is 1.10 bits per heavy atom. The Morgan fingerprint density at radius 2 is 1.83 bits per heavy atom. The third-order valence-electron chi connectivity index (χ3n) is 5.05. The number of aromatic hydroxyl groups is 1. The molecule has 0 spiro atoms. The van der Waals surface area contributed by atoms with E-state index < -0.39 is 5.63 Å². The molecule has 8 nitrogen and oxygen atoms in total. The number of hydrogen-bond donors (Lipinski definition) is 1. The van der Waals surface area contributed by atoms with Crippen LogP contribution in [0.1, 0.15) is 11.1 Å². The Labute approximate surface area is 171 Å². The lowest BCUT2D eigenvalue weighted by Gasteiger charge is -2.18. The summed E-state index contributed by atoms with van der Waals surface area (Å²) in [6, 6.07) is 12.4. The molecule has 1 aliphatic rings. The number of nitriles is 2. The van der Waals surface area contributed by atoms with Crippen LogP contribution >= 0.6 is 0 Å². The van der Waals surface area contributed by atoms with Crippen molar-refractivity contribution in [1.82, 2.24) is 4.90 Å². The molecular formula is C22H17N3O5. The lowest BCUT2D eigenvalue weighted by molar-refractivity contribution is 0.174. The van der Waals surface area contributed by atoms with Gasteiger partial charge in [-0.3, -0.25) is 4.90 Å². The van der Waals surface area contributed by atoms with Gasteiger partial charge >= 0.3 is 5.63 Å². The Balaban J connectivity index is 1.86. The predicted octanol–water partition coefficient (Wildman–Crippen LogP) is 3.05. The van der Waals surface area contributed by atoms with Gasteiger partial charge in [-0.05, 0) is 42.3 Å². The molecule has 4 rings (SSSR count). The standard InChI is InChI=1S/C22H17N3O5/c1-13-15-3-4-17(26)16(11-25(8-6-23)9-7-24)21(15)30-22(27)20(13)14-2-5-18-19(10-14)29-12-28-18/h2-5,10,26H,8-9,11-12H2,1H3. The molecule has 0 saturated carbocycles. The van der Waals surface area contributed by atoms with E-state index in [4.69, 9.17) is 24.4 Å². The molecule has 8 heteroatoms. The van der Waals surface area contributed by atoms with Crippen molar-refractivity contribution in [1.29, 1.82) is 10.5 Å². The third-order valence-corrected chi connectivity index (χ3v) is 5.05. The maximum atomic E-state index is 12.9. The first kappa shape index (κ1) is 19.3. The third kappa shape index (κ3) is 3.30. The van der Waals surface area contributed by atoms with Crippen LogP contribution < -0.4 is 15.1 Å². The number of rotatable bonds is 5. The van der Waals surface area contributed by atoms with E-state index in [0.717, 1.165) is 0 Å². The lowest BCUT2D eigenvalue weighted by Crippen LogP contribution is -2.24. The molecule has 0 unspecified atom stereocenters. The van der Waals surface area contributed by atoms with Crippen molar-refractivity contribution in [2.75, 3.05) is 19.9 Å². The zero-order valence-electron chi connectivity index (χ0n) is 16.1. The van der Waals surface area contributed by atoms with Crippen LogP contribution in [0, 0.1) is 29.6 Å². The number of benzene rings is 2. The van der Waals surface area contributed by atoms with Crippen LogP contribution in [0.5, 0.6) is 17.2 Å². The van der Waals surface area contributed by atoms with E-state index in [2.05, 4.69) is 0 Å². The first-order valence-electron chi connectivity index (χ1n) is 9.18. The summed E-state index contributed by atoms with van der Waals surface area (Å²) in [7, 11) is 0. The van der Waals surface area contributed by atoms with Crippen LogP contribution in [-0.4, -0.2) is 29.9 Å². The minimum Gasteiger partial charge on any atom is -0.507 e. The fourth-order valence-electron chi connectivity index (χ4n) is 3.59. The fourth-order valence-corrected chi connectivity index (χ4v) is 3.59. The normalized spacial score (nSPS) is 12.1. The second-order valence-corrected chi connectivity index (χ2v) is 6.86. The fraction of sp³-hybridized carbons (Fsp3) is 0.227. The Bertz CT molecular complexity index is 1270. The molecular weight excluding hydrogens is 386 g/mol. The van der Waals surface area contributed by atoms with Crippen LogP contribution in [0.2, 0.25) is 0 Å². The van der Waals surface area contributed by atoms with Crippen molar-refractivity contribution >= 4 is 11.0 Å². The molecule has 30 heavy (non-hydrogen) atoms. The summed E-state index contributed by atoms with van der Waals surface area (Å²) in [5, 5.41) is 29.0. The topological polar surface area (TPSA) is 120 Å². The number of nitrogens with zero attached hydrogens (tertiary/aromatic N) is 3. The van der Waals surface area contributed by atoms with Crippen LogP contribution in [0.15, 0.2) is 39.5 Å². The number of fused-ring (bicyclic) bond motifs is 2. The summed E-state index contributed by atoms with van der Waals surface area (Å²) in [6.07, 6.45) is 0. The van der Waals surface area contributed by atoms with Crippen molar-refractivity contribution in [3.8, 4) is 40.5 Å². The molecule has 2 heterocycles. The van der Waals surface area contributed by atoms with E-state index >= 15 is 0 Å². The van der Waals surface area contributed by atoms with Crippen LogP contribution in [0.4, 0.5) is 0 Å². The summed E-state index contributed by atoms with van der Waals surface area (Å²) < 4.78 is 16.4. The van der Waals surface area contributed by atoms with Gasteiger partial charge in [-0.2, -0.15) is 10.5 Å². The van der Waals surface area contributed by atoms with Gasteiger partial charge in [0.15, 0.2) is 11.5 Å². The van der Waals surface area contributed by atoms with Gasteiger partial charge in [-0.1, -0.05) is 6.07 Å². The monoisotopic (exact) mass is 403 g/mol. The molecule has 0 saturated heterocycles. The number of phenolic OH excluding ortho intramolecular Hbond substituents is 1. The van der Waals surface area contributed by atoms with Gasteiger partial charge in [-0.25, -0.2) is 4.79 Å². The zero-order chi connectivity index (χ0) is 21.3. The minimum atomic E-state index is -0.558. The maximum Gasteiger partial charge on any atom is 0.344 e. The van der Waals surface area contributed by atoms with Gasteiger partial charge in [0, 0.05) is 11.9 Å². The predicted molar refractivity (Wildman–Crippen MR) is 107 cm³/mol. The summed E-state index contributed by atoms with van der Waals surface area (Å²) in [4.78, 5) is 14.5. The molecule has 0 amide bonds. The van der Waals surface area contributed by atoms with Crippen LogP contribution in [0.3, 0.4) is 0 Å². The van der Waals surface area contributed by atoms with Gasteiger partial charge < -0.3 is 19.0 Å². The highest BCUT2D eigenvalue weighted by atomic mass is 16.7. The first-order chi connectivity index (χ1) is 14.5. The van der Waals surface area contributed by atoms with E-state index in [9.17, 15) is 9.90 Å². The summed E-state index contributed by atoms with van der Waals surface area (Å²) in [6.45, 7) is 2.04. The van der Waals surface area contributed by atoms with Crippen molar-refractivity contribution in [2.24, 2.45) is 0 Å². The highest BCUT2D eigenvalue weighted by Crippen LogP contribution is 2.38. The molecule has 0 bridgehead atoms. The van der Waals surface area contributed by atoms with Gasteiger partial charge in [-0.15, -0.1) is 0 Å². The lowest BCUT2D eigenvalue weighted by atomic mass is 9.97. The molecule has 0 aliphatic carbocycles. The number of ether oxygens (including phenoxy) is 2. The highest BCUT2D eigenvalue weighted by molar-refractivity contribution is 5.90. The maximum absolute atomic E-state index is 12.9. The molecule has 0 atom stereocenters. The summed E-state index contributed by atoms with van der Waals surface area (Å²) >= 11 is 0. The van der Waals surface area contributed by atoms with E-state index in [1.54, 1.807) is 29.2 Å². The second kappa shape index (κ2) is 7.78. The number of phenols is 1. The number of hydrogen-bond acceptors (Lipinski definition) is 8. The van der Waals surface area contributed by atoms with Crippen molar-refractivity contribution < 1.29 is 19.0 Å². The van der Waals surface area contributed by atoms with Gasteiger partial charge in [0.2, 0.25) is 6.79 Å². The molecule has 0 radical (unpaired) electrons. The average molecular weight is 403 g/mol. The molecule has 150 valence electrons. The van der Waals surface area contributed by atoms with Crippen LogP contribution in [-0.2, 0) is 6.54 Å². The Kier molecular flexibility index (Phi) is 5.01. The molecule has 1 N–H and O–H groups in total. The zero-order valence-corrected chi connectivity index (χ0v) is 16.1. The molecule has 3 aromatic rings. The van der Waals surface area contributed by atoms with Gasteiger partial charge in [0.05, 0.1) is 36.4 Å². The van der Waals surface area contributed by atoms with E-state index in [0.29, 0.717) is 39.1 Å². The number of aryl methyl sites for hydroxylation is 1. The quantitative estimate of drug-likeness (QED) is 0.510. The van der Waals surface area contributed by atoms with E-state index in [1.165, 1.54) is 6.07 Å². The molecule has 2 aromatic carbocycles. The smallest absolute Gasteiger partial charge is 0.344 e. The summed E-state index contributed by atoms with van der Waals surface area (Å²) in [5.41, 5.74) is 1.76. The SMILES string of the molecule is Cc1c(-c2ccc3c(c2)OCO3)c(=O)oc2c(CN(CC#N)CC#N)c(O)ccc12. The van der Waals surface area contributed by atoms with Crippen molar-refractivity contribution in [2.45, 2.75) is 13.5 Å². The van der Waals surface area contributed by atoms with Crippen molar-refractivity contribution in [3.05, 3.63) is 51.9 Å². The van der Waals surface area contributed by atoms with Gasteiger partial charge in [0.1, 0.15) is 11.3 Å². The van der Waals surface area contributed by atoms with Crippen molar-refractivity contribution in [3.63, 3.8) is 0 Å². The Hall–Kier alpha value is -4.01. The van der Waals surface area contributed by atoms with Gasteiger partial charge in [0.25, 0.3) is 0 Å². The molecule has 1 aliphatic heterocycles. The summed E-state index contributed by atoms with van der Waals surface area (Å²) in [5.74, 6) is 1.10. The minimum absolute atomic E-state index is 0.00187. The first-order valence-corrected chi connectivity index (χ1v) is 9.18. The van der Waals surface area contributed by atoms with E-state index in [-0.39, 0.29) is 37.8 Å². The van der Waals surface area contributed by atoms with Crippen LogP contribution in [0.25, 0.3) is 22.1 Å². The second-order valence-electron chi connectivity index (χ2n) is 6.86.